The van der Waals surface area contributed by atoms with Gasteiger partial charge in [-0.1, -0.05) is 70.0 Å². The Labute approximate surface area is 136 Å². The molecule has 0 saturated carbocycles. The molecule has 0 radical (unpaired) electrons. The van der Waals surface area contributed by atoms with Gasteiger partial charge in [-0.15, -0.1) is 0 Å². The van der Waals surface area contributed by atoms with Crippen molar-refractivity contribution in [2.75, 3.05) is 0 Å². The van der Waals surface area contributed by atoms with E-state index in [1.807, 2.05) is 18.2 Å². The molecule has 3 heteroatoms. The average molecular weight is 364 g/mol. The van der Waals surface area contributed by atoms with Gasteiger partial charge in [-0.05, 0) is 46.5 Å². The van der Waals surface area contributed by atoms with Crippen molar-refractivity contribution in [2.45, 2.75) is 11.8 Å². The molecule has 0 nitrogen and oxygen atoms in total. The molecule has 0 saturated heterocycles. The molecule has 106 valence electrons. The molecule has 21 heavy (non-hydrogen) atoms. The number of aryl methyl sites for hydroxylation is 1. The predicted octanol–water partition coefficient (Wildman–Crippen LogP) is 6.43. The second kappa shape index (κ2) is 5.78. The highest BCUT2D eigenvalue weighted by Gasteiger charge is 2.15. The SMILES string of the molecule is Cc1ccc(C(Br)c2ccc(Cl)c(F)c2)c2ccccc12. The lowest BCUT2D eigenvalue weighted by Crippen LogP contribution is -1.96. The summed E-state index contributed by atoms with van der Waals surface area (Å²) < 4.78 is 13.7. The van der Waals surface area contributed by atoms with Crippen molar-refractivity contribution in [3.05, 3.63) is 82.1 Å². The minimum Gasteiger partial charge on any atom is -0.205 e. The zero-order valence-electron chi connectivity index (χ0n) is 11.4. The van der Waals surface area contributed by atoms with Crippen LogP contribution in [0.5, 0.6) is 0 Å². The first-order chi connectivity index (χ1) is 10.1. The summed E-state index contributed by atoms with van der Waals surface area (Å²) in [6, 6.07) is 17.4. The van der Waals surface area contributed by atoms with E-state index < -0.39 is 5.82 Å². The van der Waals surface area contributed by atoms with Gasteiger partial charge in [0.1, 0.15) is 5.82 Å². The Morgan fingerprint density at radius 3 is 2.43 bits per heavy atom. The minimum absolute atomic E-state index is 0.0743. The van der Waals surface area contributed by atoms with E-state index in [9.17, 15) is 4.39 Å². The highest BCUT2D eigenvalue weighted by molar-refractivity contribution is 9.09. The monoisotopic (exact) mass is 362 g/mol. The maximum Gasteiger partial charge on any atom is 0.142 e. The summed E-state index contributed by atoms with van der Waals surface area (Å²) in [6.07, 6.45) is 0. The average Bonchev–Trinajstić information content (AvgIpc) is 2.50. The van der Waals surface area contributed by atoms with Crippen molar-refractivity contribution < 1.29 is 4.39 Å². The molecule has 1 unspecified atom stereocenters. The molecule has 0 aliphatic heterocycles. The molecule has 3 aromatic rings. The Morgan fingerprint density at radius 1 is 1.00 bits per heavy atom. The Balaban J connectivity index is 2.15. The summed E-state index contributed by atoms with van der Waals surface area (Å²) in [5.41, 5.74) is 3.21. The normalized spacial score (nSPS) is 12.6. The van der Waals surface area contributed by atoms with Crippen LogP contribution in [0.4, 0.5) is 4.39 Å². The standard InChI is InChI=1S/C18H13BrClF/c1-11-6-8-15(14-5-3-2-4-13(11)14)18(19)12-7-9-16(20)17(21)10-12/h2-10,18H,1H3. The van der Waals surface area contributed by atoms with Crippen LogP contribution in [-0.2, 0) is 0 Å². The van der Waals surface area contributed by atoms with Gasteiger partial charge in [0.05, 0.1) is 9.85 Å². The van der Waals surface area contributed by atoms with E-state index in [1.54, 1.807) is 6.07 Å². The fourth-order valence-electron chi connectivity index (χ4n) is 2.54. The zero-order valence-corrected chi connectivity index (χ0v) is 13.7. The van der Waals surface area contributed by atoms with Crippen LogP contribution in [0.25, 0.3) is 10.8 Å². The predicted molar refractivity (Wildman–Crippen MR) is 90.9 cm³/mol. The molecule has 0 aliphatic carbocycles. The molecular weight excluding hydrogens is 351 g/mol. The van der Waals surface area contributed by atoms with Crippen LogP contribution < -0.4 is 0 Å². The van der Waals surface area contributed by atoms with Crippen LogP contribution in [0.1, 0.15) is 21.5 Å². The Bertz CT molecular complexity index is 813. The lowest BCUT2D eigenvalue weighted by Gasteiger charge is -2.15. The van der Waals surface area contributed by atoms with E-state index in [-0.39, 0.29) is 9.85 Å². The molecule has 0 aliphatic rings. The fraction of sp³-hybridized carbons (Fsp3) is 0.111. The quantitative estimate of drug-likeness (QED) is 0.460. The molecule has 3 aromatic carbocycles. The van der Waals surface area contributed by atoms with Crippen LogP contribution >= 0.6 is 27.5 Å². The van der Waals surface area contributed by atoms with Crippen LogP contribution in [0.15, 0.2) is 54.6 Å². The zero-order chi connectivity index (χ0) is 15.0. The van der Waals surface area contributed by atoms with Gasteiger partial charge in [0.25, 0.3) is 0 Å². The summed E-state index contributed by atoms with van der Waals surface area (Å²) in [5.74, 6) is -0.393. The number of halogens is 3. The largest absolute Gasteiger partial charge is 0.205 e. The Morgan fingerprint density at radius 2 is 1.71 bits per heavy atom. The Kier molecular flexibility index (Phi) is 4.01. The molecule has 0 spiro atoms. The van der Waals surface area contributed by atoms with Crippen LogP contribution in [0.2, 0.25) is 5.02 Å². The molecule has 0 aromatic heterocycles. The molecule has 0 fully saturated rings. The number of benzene rings is 3. The van der Waals surface area contributed by atoms with E-state index in [2.05, 4.69) is 47.1 Å². The summed E-state index contributed by atoms with van der Waals surface area (Å²) >= 11 is 9.45. The first-order valence-corrected chi connectivity index (χ1v) is 7.94. The molecule has 0 N–H and O–H groups in total. The van der Waals surface area contributed by atoms with E-state index in [0.717, 1.165) is 11.1 Å². The van der Waals surface area contributed by atoms with Crippen molar-refractivity contribution in [3.8, 4) is 0 Å². The second-order valence-corrected chi connectivity index (χ2v) is 6.38. The highest BCUT2D eigenvalue weighted by Crippen LogP contribution is 2.37. The summed E-state index contributed by atoms with van der Waals surface area (Å²) in [5, 5.41) is 2.54. The summed E-state index contributed by atoms with van der Waals surface area (Å²) in [7, 11) is 0. The molecule has 3 rings (SSSR count). The molecule has 0 bridgehead atoms. The van der Waals surface area contributed by atoms with Gasteiger partial charge in [0.15, 0.2) is 0 Å². The Hall–Kier alpha value is -1.38. The van der Waals surface area contributed by atoms with Gasteiger partial charge in [-0.2, -0.15) is 0 Å². The van der Waals surface area contributed by atoms with Crippen LogP contribution in [0, 0.1) is 12.7 Å². The van der Waals surface area contributed by atoms with Crippen molar-refractivity contribution in [2.24, 2.45) is 0 Å². The van der Waals surface area contributed by atoms with E-state index in [4.69, 9.17) is 11.6 Å². The maximum atomic E-state index is 13.7. The molecule has 1 atom stereocenters. The number of rotatable bonds is 2. The van der Waals surface area contributed by atoms with Gasteiger partial charge in [0, 0.05) is 0 Å². The van der Waals surface area contributed by atoms with Crippen LogP contribution in [-0.4, -0.2) is 0 Å². The highest BCUT2D eigenvalue weighted by atomic mass is 79.9. The first kappa shape index (κ1) is 14.6. The summed E-state index contributed by atoms with van der Waals surface area (Å²) in [6.45, 7) is 2.09. The van der Waals surface area contributed by atoms with E-state index in [0.29, 0.717) is 0 Å². The molecule has 0 heterocycles. The second-order valence-electron chi connectivity index (χ2n) is 5.05. The molecule has 0 amide bonds. The fourth-order valence-corrected chi connectivity index (χ4v) is 3.35. The van der Waals surface area contributed by atoms with Crippen molar-refractivity contribution in [3.63, 3.8) is 0 Å². The van der Waals surface area contributed by atoms with E-state index in [1.165, 1.54) is 22.4 Å². The maximum absolute atomic E-state index is 13.7. The van der Waals surface area contributed by atoms with Gasteiger partial charge in [-0.25, -0.2) is 4.39 Å². The third kappa shape index (κ3) is 2.70. The van der Waals surface area contributed by atoms with Gasteiger partial charge >= 0.3 is 0 Å². The minimum atomic E-state index is -0.393. The van der Waals surface area contributed by atoms with Gasteiger partial charge in [-0.3, -0.25) is 0 Å². The first-order valence-electron chi connectivity index (χ1n) is 6.65. The number of alkyl halides is 1. The third-order valence-electron chi connectivity index (χ3n) is 3.69. The van der Waals surface area contributed by atoms with Crippen molar-refractivity contribution in [1.29, 1.82) is 0 Å². The van der Waals surface area contributed by atoms with E-state index >= 15 is 0 Å². The molecular formula is C18H13BrClF. The van der Waals surface area contributed by atoms with Crippen molar-refractivity contribution in [1.82, 2.24) is 0 Å². The van der Waals surface area contributed by atoms with Crippen LogP contribution in [0.3, 0.4) is 0 Å². The lowest BCUT2D eigenvalue weighted by atomic mass is 9.96. The number of hydrogen-bond donors (Lipinski definition) is 0. The smallest absolute Gasteiger partial charge is 0.142 e. The number of fused-ring (bicyclic) bond motifs is 1. The lowest BCUT2D eigenvalue weighted by molar-refractivity contribution is 0.626. The number of hydrogen-bond acceptors (Lipinski definition) is 0. The third-order valence-corrected chi connectivity index (χ3v) is 5.01. The topological polar surface area (TPSA) is 0 Å². The van der Waals surface area contributed by atoms with Gasteiger partial charge in [0.2, 0.25) is 0 Å². The van der Waals surface area contributed by atoms with Gasteiger partial charge < -0.3 is 0 Å². The van der Waals surface area contributed by atoms with Crippen molar-refractivity contribution >= 4 is 38.3 Å². The summed E-state index contributed by atoms with van der Waals surface area (Å²) in [4.78, 5) is -0.0743.